The van der Waals surface area contributed by atoms with Crippen molar-refractivity contribution in [1.82, 2.24) is 9.21 Å². The van der Waals surface area contributed by atoms with Gasteiger partial charge in [-0.1, -0.05) is 38.1 Å². The quantitative estimate of drug-likeness (QED) is 0.431. The number of hydrogen-bond donors (Lipinski definition) is 0. The zero-order valence-electron chi connectivity index (χ0n) is 20.6. The van der Waals surface area contributed by atoms with Crippen molar-refractivity contribution in [3.63, 3.8) is 0 Å². The van der Waals surface area contributed by atoms with Gasteiger partial charge in [0.15, 0.2) is 0 Å². The van der Waals surface area contributed by atoms with Gasteiger partial charge in [-0.25, -0.2) is 8.42 Å². The molecule has 35 heavy (non-hydrogen) atoms. The Hall–Kier alpha value is -2.68. The van der Waals surface area contributed by atoms with Gasteiger partial charge in [0, 0.05) is 18.0 Å². The third kappa shape index (κ3) is 5.29. The van der Waals surface area contributed by atoms with Crippen molar-refractivity contribution < 1.29 is 17.9 Å². The molecule has 0 saturated carbocycles. The number of benzene rings is 2. The molecule has 0 radical (unpaired) electrons. The summed E-state index contributed by atoms with van der Waals surface area (Å²) in [6.45, 7) is 6.58. The second-order valence-electron chi connectivity index (χ2n) is 9.26. The molecule has 4 rings (SSSR count). The van der Waals surface area contributed by atoms with Crippen LogP contribution in [-0.4, -0.2) is 50.3 Å². The minimum Gasteiger partial charge on any atom is -0.497 e. The van der Waals surface area contributed by atoms with Crippen LogP contribution in [0.5, 0.6) is 5.75 Å². The second kappa shape index (κ2) is 10.5. The number of ether oxygens (including phenoxy) is 1. The normalized spacial score (nSPS) is 15.9. The first-order chi connectivity index (χ1) is 16.7. The maximum absolute atomic E-state index is 13.8. The van der Waals surface area contributed by atoms with Crippen molar-refractivity contribution in [2.24, 2.45) is 5.92 Å². The van der Waals surface area contributed by atoms with E-state index >= 15 is 0 Å². The Bertz CT molecular complexity index is 1280. The monoisotopic (exact) mass is 512 g/mol. The van der Waals surface area contributed by atoms with E-state index in [4.69, 9.17) is 4.74 Å². The molecule has 1 atom stereocenters. The number of carbonyl (C=O) groups excluding carboxylic acids is 1. The van der Waals surface area contributed by atoms with E-state index in [2.05, 4.69) is 30.5 Å². The molecule has 0 spiro atoms. The van der Waals surface area contributed by atoms with Crippen LogP contribution in [0.4, 0.5) is 0 Å². The summed E-state index contributed by atoms with van der Waals surface area (Å²) in [5.41, 5.74) is 3.32. The Morgan fingerprint density at radius 2 is 1.83 bits per heavy atom. The first-order valence-electron chi connectivity index (χ1n) is 11.8. The summed E-state index contributed by atoms with van der Waals surface area (Å²) in [5.74, 6) is 0.456. The first-order valence-corrected chi connectivity index (χ1v) is 14.1. The fraction of sp³-hybridized carbons (Fsp3) is 0.370. The van der Waals surface area contributed by atoms with Gasteiger partial charge in [-0.3, -0.25) is 4.79 Å². The fourth-order valence-corrected chi connectivity index (χ4v) is 7.06. The molecule has 0 fully saturated rings. The maximum atomic E-state index is 13.8. The predicted octanol–water partition coefficient (Wildman–Crippen LogP) is 4.89. The molecule has 1 aliphatic rings. The molecule has 1 aliphatic heterocycles. The molecule has 1 aromatic heterocycles. The van der Waals surface area contributed by atoms with Crippen LogP contribution in [-0.2, 0) is 21.2 Å². The Morgan fingerprint density at radius 1 is 1.11 bits per heavy atom. The largest absolute Gasteiger partial charge is 0.497 e. The number of methoxy groups -OCH3 is 1. The van der Waals surface area contributed by atoms with Crippen LogP contribution in [0.25, 0.3) is 0 Å². The molecule has 2 heterocycles. The van der Waals surface area contributed by atoms with Gasteiger partial charge < -0.3 is 9.64 Å². The van der Waals surface area contributed by atoms with Crippen LogP contribution in [0.2, 0.25) is 0 Å². The van der Waals surface area contributed by atoms with Crippen molar-refractivity contribution in [2.75, 3.05) is 26.7 Å². The van der Waals surface area contributed by atoms with Crippen LogP contribution in [0.1, 0.15) is 41.5 Å². The smallest absolute Gasteiger partial charge is 0.243 e. The Balaban J connectivity index is 1.67. The molecule has 3 aromatic rings. The Labute approximate surface area is 212 Å². The Kier molecular flexibility index (Phi) is 7.64. The highest BCUT2D eigenvalue weighted by Crippen LogP contribution is 2.39. The van der Waals surface area contributed by atoms with Crippen LogP contribution < -0.4 is 4.74 Å². The third-order valence-corrected chi connectivity index (χ3v) is 9.17. The maximum Gasteiger partial charge on any atom is 0.243 e. The van der Waals surface area contributed by atoms with Gasteiger partial charge in [0.25, 0.3) is 0 Å². The highest BCUT2D eigenvalue weighted by molar-refractivity contribution is 7.89. The van der Waals surface area contributed by atoms with E-state index in [1.807, 2.05) is 30.9 Å². The van der Waals surface area contributed by atoms with E-state index in [1.54, 1.807) is 23.5 Å². The van der Waals surface area contributed by atoms with Gasteiger partial charge in [-0.15, -0.1) is 11.3 Å². The van der Waals surface area contributed by atoms with Crippen molar-refractivity contribution >= 4 is 27.3 Å². The van der Waals surface area contributed by atoms with E-state index in [1.165, 1.54) is 28.4 Å². The van der Waals surface area contributed by atoms with Gasteiger partial charge in [-0.2, -0.15) is 4.31 Å². The molecule has 0 saturated heterocycles. The van der Waals surface area contributed by atoms with Crippen LogP contribution in [0, 0.1) is 12.8 Å². The SMILES string of the molecule is COc1ccc(S(=O)(=O)N(CC(=O)N2CCc3sccc3C2c2ccccc2C)CC(C)C)cc1. The number of aryl methyl sites for hydroxylation is 1. The predicted molar refractivity (Wildman–Crippen MR) is 139 cm³/mol. The molecule has 2 aromatic carbocycles. The lowest BCUT2D eigenvalue weighted by Crippen LogP contribution is -2.47. The molecule has 1 amide bonds. The average molecular weight is 513 g/mol. The molecule has 0 bridgehead atoms. The van der Waals surface area contributed by atoms with Crippen molar-refractivity contribution in [3.8, 4) is 5.75 Å². The van der Waals surface area contributed by atoms with Crippen LogP contribution >= 0.6 is 11.3 Å². The zero-order chi connectivity index (χ0) is 25.2. The van der Waals surface area contributed by atoms with Gasteiger partial charge in [0.05, 0.1) is 24.6 Å². The molecule has 1 unspecified atom stereocenters. The molecular formula is C27H32N2O4S2. The Morgan fingerprint density at radius 3 is 2.49 bits per heavy atom. The highest BCUT2D eigenvalue weighted by atomic mass is 32.2. The van der Waals surface area contributed by atoms with E-state index in [0.29, 0.717) is 12.3 Å². The minimum absolute atomic E-state index is 0.0628. The molecule has 8 heteroatoms. The first kappa shape index (κ1) is 25.4. The number of amides is 1. The molecule has 0 aliphatic carbocycles. The van der Waals surface area contributed by atoms with E-state index in [0.717, 1.165) is 23.1 Å². The lowest BCUT2D eigenvalue weighted by molar-refractivity contribution is -0.133. The number of nitrogens with zero attached hydrogens (tertiary/aromatic N) is 2. The van der Waals surface area contributed by atoms with Gasteiger partial charge in [0.2, 0.25) is 15.9 Å². The van der Waals surface area contributed by atoms with Crippen molar-refractivity contribution in [2.45, 2.75) is 38.1 Å². The van der Waals surface area contributed by atoms with Crippen LogP contribution in [0.3, 0.4) is 0 Å². The van der Waals surface area contributed by atoms with Crippen LogP contribution in [0.15, 0.2) is 64.9 Å². The average Bonchev–Trinajstić information content (AvgIpc) is 3.32. The molecular weight excluding hydrogens is 480 g/mol. The highest BCUT2D eigenvalue weighted by Gasteiger charge is 2.36. The second-order valence-corrected chi connectivity index (χ2v) is 12.2. The number of hydrogen-bond acceptors (Lipinski definition) is 5. The molecule has 6 nitrogen and oxygen atoms in total. The summed E-state index contributed by atoms with van der Waals surface area (Å²) < 4.78 is 33.6. The number of carbonyl (C=O) groups is 1. The molecule has 186 valence electrons. The van der Waals surface area contributed by atoms with Gasteiger partial charge >= 0.3 is 0 Å². The number of fused-ring (bicyclic) bond motifs is 1. The zero-order valence-corrected chi connectivity index (χ0v) is 22.2. The van der Waals surface area contributed by atoms with Crippen molar-refractivity contribution in [1.29, 1.82) is 0 Å². The molecule has 0 N–H and O–H groups in total. The minimum atomic E-state index is -3.86. The number of rotatable bonds is 8. The van der Waals surface area contributed by atoms with E-state index in [9.17, 15) is 13.2 Å². The summed E-state index contributed by atoms with van der Waals surface area (Å²) >= 11 is 1.72. The lowest BCUT2D eigenvalue weighted by Gasteiger charge is -2.38. The van der Waals surface area contributed by atoms with Gasteiger partial charge in [0.1, 0.15) is 5.75 Å². The standard InChI is InChI=1S/C27H32N2O4S2/c1-19(2)17-28(35(31,32)22-11-9-21(33-4)10-12-22)18-26(30)29-15-13-25-24(14-16-34-25)27(29)23-8-6-5-7-20(23)3/h5-12,14,16,19,27H,13,15,17-18H2,1-4H3. The third-order valence-electron chi connectivity index (χ3n) is 6.35. The fourth-order valence-electron chi connectivity index (χ4n) is 4.61. The lowest BCUT2D eigenvalue weighted by atomic mass is 9.90. The summed E-state index contributed by atoms with van der Waals surface area (Å²) in [7, 11) is -2.33. The summed E-state index contributed by atoms with van der Waals surface area (Å²) in [4.78, 5) is 17.1. The number of sulfonamides is 1. The summed E-state index contributed by atoms with van der Waals surface area (Å²) in [6, 6.07) is 16.3. The summed E-state index contributed by atoms with van der Waals surface area (Å²) in [5, 5.41) is 2.07. The topological polar surface area (TPSA) is 66.9 Å². The van der Waals surface area contributed by atoms with Crippen molar-refractivity contribution in [3.05, 3.63) is 81.5 Å². The van der Waals surface area contributed by atoms with E-state index < -0.39 is 10.0 Å². The van der Waals surface area contributed by atoms with Gasteiger partial charge in [-0.05, 0) is 71.7 Å². The summed E-state index contributed by atoms with van der Waals surface area (Å²) in [6.07, 6.45) is 0.774. The number of thiophene rings is 1. The van der Waals surface area contributed by atoms with E-state index in [-0.39, 0.29) is 35.9 Å².